The summed E-state index contributed by atoms with van der Waals surface area (Å²) in [7, 11) is 1.48. The highest BCUT2D eigenvalue weighted by Crippen LogP contribution is 2.19. The molecule has 1 atom stereocenters. The maximum absolute atomic E-state index is 13.3. The molecule has 1 aromatic rings. The summed E-state index contributed by atoms with van der Waals surface area (Å²) in [6.07, 6.45) is -0.299. The van der Waals surface area contributed by atoms with Crippen LogP contribution in [0.1, 0.15) is 6.42 Å². The molecule has 0 saturated heterocycles. The standard InChI is InChI=1S/C12H16ClFN2O3/c1-19-7-9(17)4-5-15-12(18)16-11-6-8(13)2-3-10(11)14/h2-3,6,9,17H,4-5,7H2,1H3,(H2,15,16,18). The van der Waals surface area contributed by atoms with Gasteiger partial charge < -0.3 is 20.5 Å². The van der Waals surface area contributed by atoms with Gasteiger partial charge >= 0.3 is 6.03 Å². The molecule has 0 aliphatic rings. The summed E-state index contributed by atoms with van der Waals surface area (Å²) in [5.74, 6) is -0.570. The smallest absolute Gasteiger partial charge is 0.319 e. The Balaban J connectivity index is 2.37. The summed E-state index contributed by atoms with van der Waals surface area (Å²) in [5.41, 5.74) is 0.00226. The number of hydrogen-bond donors (Lipinski definition) is 3. The Hall–Kier alpha value is -1.37. The molecule has 0 aliphatic heterocycles. The summed E-state index contributed by atoms with van der Waals surface area (Å²) >= 11 is 5.70. The lowest BCUT2D eigenvalue weighted by atomic mass is 10.2. The van der Waals surface area contributed by atoms with E-state index in [1.165, 1.54) is 25.3 Å². The summed E-state index contributed by atoms with van der Waals surface area (Å²) < 4.78 is 18.1. The average molecular weight is 291 g/mol. The molecule has 0 bridgehead atoms. The first-order valence-electron chi connectivity index (χ1n) is 5.70. The van der Waals surface area contributed by atoms with Crippen LogP contribution in [-0.4, -0.2) is 37.5 Å². The molecular formula is C12H16ClFN2O3. The van der Waals surface area contributed by atoms with Gasteiger partial charge in [0.1, 0.15) is 5.82 Å². The summed E-state index contributed by atoms with van der Waals surface area (Å²) in [4.78, 5) is 11.5. The van der Waals surface area contributed by atoms with Crippen LogP contribution in [0.4, 0.5) is 14.9 Å². The van der Waals surface area contributed by atoms with E-state index in [0.717, 1.165) is 0 Å². The highest BCUT2D eigenvalue weighted by atomic mass is 35.5. The number of carbonyl (C=O) groups excluding carboxylic acids is 1. The van der Waals surface area contributed by atoms with Gasteiger partial charge in [-0.3, -0.25) is 0 Å². The zero-order valence-corrected chi connectivity index (χ0v) is 11.2. The Bertz CT molecular complexity index is 431. The molecule has 1 aromatic carbocycles. The zero-order chi connectivity index (χ0) is 14.3. The number of halogens is 2. The second kappa shape index (κ2) is 7.93. The van der Waals surface area contributed by atoms with E-state index >= 15 is 0 Å². The Labute approximate surface area is 115 Å². The van der Waals surface area contributed by atoms with Gasteiger partial charge in [0.05, 0.1) is 18.4 Å². The van der Waals surface area contributed by atoms with Crippen molar-refractivity contribution in [3.63, 3.8) is 0 Å². The van der Waals surface area contributed by atoms with Gasteiger partial charge in [0, 0.05) is 18.7 Å². The number of anilines is 1. The SMILES string of the molecule is COCC(O)CCNC(=O)Nc1cc(Cl)ccc1F. The molecule has 19 heavy (non-hydrogen) atoms. The van der Waals surface area contributed by atoms with Gasteiger partial charge in [-0.05, 0) is 24.6 Å². The monoisotopic (exact) mass is 290 g/mol. The minimum Gasteiger partial charge on any atom is -0.391 e. The lowest BCUT2D eigenvalue weighted by Crippen LogP contribution is -2.32. The first-order valence-corrected chi connectivity index (χ1v) is 6.07. The van der Waals surface area contributed by atoms with Crippen molar-refractivity contribution in [2.75, 3.05) is 25.6 Å². The Morgan fingerprint density at radius 3 is 3.00 bits per heavy atom. The highest BCUT2D eigenvalue weighted by Gasteiger charge is 2.08. The Morgan fingerprint density at radius 2 is 2.32 bits per heavy atom. The highest BCUT2D eigenvalue weighted by molar-refractivity contribution is 6.30. The molecule has 0 radical (unpaired) electrons. The molecule has 106 valence electrons. The van der Waals surface area contributed by atoms with E-state index in [-0.39, 0.29) is 18.8 Å². The number of rotatable bonds is 6. The number of carbonyl (C=O) groups is 1. The van der Waals surface area contributed by atoms with E-state index in [1.54, 1.807) is 0 Å². The van der Waals surface area contributed by atoms with Crippen LogP contribution in [0.15, 0.2) is 18.2 Å². The maximum atomic E-state index is 13.3. The first kappa shape index (κ1) is 15.7. The van der Waals surface area contributed by atoms with Crippen molar-refractivity contribution < 1.29 is 19.0 Å². The van der Waals surface area contributed by atoms with Crippen LogP contribution in [0.3, 0.4) is 0 Å². The Kier molecular flexibility index (Phi) is 6.55. The van der Waals surface area contributed by atoms with Crippen LogP contribution in [0.2, 0.25) is 5.02 Å². The third-order valence-electron chi connectivity index (χ3n) is 2.30. The largest absolute Gasteiger partial charge is 0.391 e. The zero-order valence-electron chi connectivity index (χ0n) is 10.5. The van der Waals surface area contributed by atoms with Crippen molar-refractivity contribution >= 4 is 23.3 Å². The quantitative estimate of drug-likeness (QED) is 0.750. The topological polar surface area (TPSA) is 70.6 Å². The number of ether oxygens (including phenoxy) is 1. The minimum atomic E-state index is -0.645. The first-order chi connectivity index (χ1) is 9.02. The van der Waals surface area contributed by atoms with Gasteiger partial charge in [-0.15, -0.1) is 0 Å². The molecule has 1 rings (SSSR count). The van der Waals surface area contributed by atoms with E-state index in [4.69, 9.17) is 16.3 Å². The molecule has 0 aromatic heterocycles. The van der Waals surface area contributed by atoms with Gasteiger partial charge in [-0.25, -0.2) is 9.18 Å². The van der Waals surface area contributed by atoms with Gasteiger partial charge in [-0.2, -0.15) is 0 Å². The Morgan fingerprint density at radius 1 is 1.58 bits per heavy atom. The molecule has 5 nitrogen and oxygen atoms in total. The molecule has 0 aliphatic carbocycles. The molecular weight excluding hydrogens is 275 g/mol. The third-order valence-corrected chi connectivity index (χ3v) is 2.53. The van der Waals surface area contributed by atoms with Crippen molar-refractivity contribution in [1.82, 2.24) is 5.32 Å². The van der Waals surface area contributed by atoms with E-state index in [0.29, 0.717) is 11.4 Å². The van der Waals surface area contributed by atoms with Gasteiger partial charge in [0.2, 0.25) is 0 Å². The molecule has 0 saturated carbocycles. The molecule has 0 spiro atoms. The van der Waals surface area contributed by atoms with Gasteiger partial charge in [0.25, 0.3) is 0 Å². The van der Waals surface area contributed by atoms with E-state index in [9.17, 15) is 14.3 Å². The van der Waals surface area contributed by atoms with Gasteiger partial charge in [-0.1, -0.05) is 11.6 Å². The lowest BCUT2D eigenvalue weighted by Gasteiger charge is -2.11. The van der Waals surface area contributed by atoms with Crippen molar-refractivity contribution in [2.24, 2.45) is 0 Å². The third kappa shape index (κ3) is 5.87. The van der Waals surface area contributed by atoms with Crippen molar-refractivity contribution in [3.05, 3.63) is 29.0 Å². The number of benzene rings is 1. The number of aliphatic hydroxyl groups is 1. The van der Waals surface area contributed by atoms with Gasteiger partial charge in [0.15, 0.2) is 0 Å². The second-order valence-corrected chi connectivity index (χ2v) is 4.34. The number of methoxy groups -OCH3 is 1. The van der Waals surface area contributed by atoms with Crippen LogP contribution in [-0.2, 0) is 4.74 Å². The predicted molar refractivity (Wildman–Crippen MR) is 70.9 cm³/mol. The molecule has 1 unspecified atom stereocenters. The summed E-state index contributed by atoms with van der Waals surface area (Å²) in [6.45, 7) is 0.449. The van der Waals surface area contributed by atoms with Crippen LogP contribution in [0.5, 0.6) is 0 Å². The average Bonchev–Trinajstić information content (AvgIpc) is 2.34. The van der Waals surface area contributed by atoms with E-state index < -0.39 is 18.0 Å². The number of amides is 2. The fraction of sp³-hybridized carbons (Fsp3) is 0.417. The number of nitrogens with one attached hydrogen (secondary N) is 2. The fourth-order valence-corrected chi connectivity index (χ4v) is 1.56. The minimum absolute atomic E-state index is 0.00226. The molecule has 2 amide bonds. The lowest BCUT2D eigenvalue weighted by molar-refractivity contribution is 0.0599. The number of hydrogen-bond acceptors (Lipinski definition) is 3. The number of urea groups is 1. The van der Waals surface area contributed by atoms with Crippen LogP contribution < -0.4 is 10.6 Å². The molecule has 0 heterocycles. The van der Waals surface area contributed by atoms with Crippen molar-refractivity contribution in [2.45, 2.75) is 12.5 Å². The summed E-state index contributed by atoms with van der Waals surface area (Å²) in [6, 6.07) is 3.31. The van der Waals surface area contributed by atoms with Crippen LogP contribution in [0, 0.1) is 5.82 Å². The summed E-state index contributed by atoms with van der Waals surface area (Å²) in [5, 5.41) is 14.5. The fourth-order valence-electron chi connectivity index (χ4n) is 1.39. The van der Waals surface area contributed by atoms with Crippen LogP contribution >= 0.6 is 11.6 Å². The predicted octanol–water partition coefficient (Wildman–Crippen LogP) is 2.00. The van der Waals surface area contributed by atoms with E-state index in [2.05, 4.69) is 10.6 Å². The number of aliphatic hydroxyl groups excluding tert-OH is 1. The van der Waals surface area contributed by atoms with Crippen molar-refractivity contribution in [3.8, 4) is 0 Å². The van der Waals surface area contributed by atoms with Crippen molar-refractivity contribution in [1.29, 1.82) is 0 Å². The molecule has 0 fully saturated rings. The molecule has 7 heteroatoms. The molecule has 3 N–H and O–H groups in total. The normalized spacial score (nSPS) is 12.0. The van der Waals surface area contributed by atoms with E-state index in [1.807, 2.05) is 0 Å². The van der Waals surface area contributed by atoms with Crippen LogP contribution in [0.25, 0.3) is 0 Å². The second-order valence-electron chi connectivity index (χ2n) is 3.90. The maximum Gasteiger partial charge on any atom is 0.319 e.